The predicted octanol–water partition coefficient (Wildman–Crippen LogP) is 1.83. The van der Waals surface area contributed by atoms with Crippen molar-refractivity contribution in [2.24, 2.45) is 5.73 Å². The number of anilines is 1. The summed E-state index contributed by atoms with van der Waals surface area (Å²) in [5.74, 6) is 0. The van der Waals surface area contributed by atoms with Crippen molar-refractivity contribution >= 4 is 17.3 Å². The molecule has 0 radical (unpaired) electrons. The maximum atomic E-state index is 6.10. The molecule has 1 unspecified atom stereocenters. The summed E-state index contributed by atoms with van der Waals surface area (Å²) in [6, 6.07) is 8.27. The SMILES string of the molecule is COCCC(N)CN1CCN(c2ccc(Cl)cc2)CC1. The smallest absolute Gasteiger partial charge is 0.0477 e. The average Bonchev–Trinajstić information content (AvgIpc) is 2.47. The van der Waals surface area contributed by atoms with Gasteiger partial charge in [-0.3, -0.25) is 4.90 Å². The van der Waals surface area contributed by atoms with E-state index in [1.54, 1.807) is 7.11 Å². The van der Waals surface area contributed by atoms with Crippen molar-refractivity contribution in [3.8, 4) is 0 Å². The van der Waals surface area contributed by atoms with E-state index < -0.39 is 0 Å². The second-order valence-corrected chi connectivity index (χ2v) is 5.74. The Morgan fingerprint density at radius 3 is 2.45 bits per heavy atom. The maximum Gasteiger partial charge on any atom is 0.0477 e. The van der Waals surface area contributed by atoms with E-state index in [4.69, 9.17) is 22.1 Å². The summed E-state index contributed by atoms with van der Waals surface area (Å²) in [5.41, 5.74) is 7.35. The number of methoxy groups -OCH3 is 1. The fourth-order valence-corrected chi connectivity index (χ4v) is 2.66. The lowest BCUT2D eigenvalue weighted by molar-refractivity contribution is 0.172. The van der Waals surface area contributed by atoms with Gasteiger partial charge in [0.05, 0.1) is 0 Å². The highest BCUT2D eigenvalue weighted by atomic mass is 35.5. The Bertz CT molecular complexity index is 391. The van der Waals surface area contributed by atoms with E-state index in [0.717, 1.165) is 50.8 Å². The van der Waals surface area contributed by atoms with Crippen molar-refractivity contribution < 1.29 is 4.74 Å². The molecule has 1 atom stereocenters. The van der Waals surface area contributed by atoms with Crippen LogP contribution in [0.5, 0.6) is 0 Å². The van der Waals surface area contributed by atoms with E-state index in [1.807, 2.05) is 12.1 Å². The van der Waals surface area contributed by atoms with Crippen molar-refractivity contribution in [2.75, 3.05) is 51.3 Å². The van der Waals surface area contributed by atoms with Crippen LogP contribution in [-0.4, -0.2) is 57.4 Å². The zero-order valence-electron chi connectivity index (χ0n) is 12.1. The molecule has 0 spiro atoms. The van der Waals surface area contributed by atoms with Crippen LogP contribution in [0.15, 0.2) is 24.3 Å². The molecule has 112 valence electrons. The fourth-order valence-electron chi connectivity index (χ4n) is 2.53. The molecule has 2 N–H and O–H groups in total. The van der Waals surface area contributed by atoms with E-state index in [0.29, 0.717) is 0 Å². The minimum atomic E-state index is 0.206. The summed E-state index contributed by atoms with van der Waals surface area (Å²) >= 11 is 5.92. The third-order valence-corrected chi connectivity index (χ3v) is 4.00. The lowest BCUT2D eigenvalue weighted by Crippen LogP contribution is -2.50. The molecule has 0 saturated carbocycles. The van der Waals surface area contributed by atoms with Gasteiger partial charge in [-0.2, -0.15) is 0 Å². The Morgan fingerprint density at radius 2 is 1.85 bits per heavy atom. The van der Waals surface area contributed by atoms with Crippen molar-refractivity contribution in [1.29, 1.82) is 0 Å². The van der Waals surface area contributed by atoms with Crippen LogP contribution in [0.25, 0.3) is 0 Å². The second kappa shape index (κ2) is 7.84. The van der Waals surface area contributed by atoms with Crippen molar-refractivity contribution in [1.82, 2.24) is 4.90 Å². The number of rotatable bonds is 6. The third kappa shape index (κ3) is 4.63. The van der Waals surface area contributed by atoms with Crippen molar-refractivity contribution in [3.05, 3.63) is 29.3 Å². The second-order valence-electron chi connectivity index (χ2n) is 5.31. The molecular weight excluding hydrogens is 274 g/mol. The van der Waals surface area contributed by atoms with Gasteiger partial charge in [0, 0.05) is 63.2 Å². The Kier molecular flexibility index (Phi) is 6.10. The van der Waals surface area contributed by atoms with Gasteiger partial charge in [-0.25, -0.2) is 0 Å². The summed E-state index contributed by atoms with van der Waals surface area (Å²) in [5, 5.41) is 0.788. The van der Waals surface area contributed by atoms with Crippen molar-refractivity contribution in [2.45, 2.75) is 12.5 Å². The van der Waals surface area contributed by atoms with Gasteiger partial charge in [-0.15, -0.1) is 0 Å². The summed E-state index contributed by atoms with van der Waals surface area (Å²) < 4.78 is 5.07. The molecule has 0 aliphatic carbocycles. The van der Waals surface area contributed by atoms with Crippen LogP contribution in [0.3, 0.4) is 0 Å². The van der Waals surface area contributed by atoms with Gasteiger partial charge in [0.25, 0.3) is 0 Å². The molecule has 4 nitrogen and oxygen atoms in total. The van der Waals surface area contributed by atoms with Crippen LogP contribution < -0.4 is 10.6 Å². The first-order valence-electron chi connectivity index (χ1n) is 7.16. The van der Waals surface area contributed by atoms with E-state index >= 15 is 0 Å². The minimum Gasteiger partial charge on any atom is -0.385 e. The quantitative estimate of drug-likeness (QED) is 0.870. The molecule has 0 bridgehead atoms. The highest BCUT2D eigenvalue weighted by Gasteiger charge is 2.18. The topological polar surface area (TPSA) is 41.7 Å². The van der Waals surface area contributed by atoms with Gasteiger partial charge in [0.15, 0.2) is 0 Å². The van der Waals surface area contributed by atoms with Crippen LogP contribution in [0.4, 0.5) is 5.69 Å². The standard InChI is InChI=1S/C15H24ClN3O/c1-20-11-6-14(17)12-18-7-9-19(10-8-18)15-4-2-13(16)3-5-15/h2-5,14H,6-12,17H2,1H3. The van der Waals surface area contributed by atoms with Gasteiger partial charge in [0.2, 0.25) is 0 Å². The number of halogens is 1. The molecule has 2 rings (SSSR count). The van der Waals surface area contributed by atoms with Crippen LogP contribution in [0.1, 0.15) is 6.42 Å². The molecule has 1 aromatic carbocycles. The highest BCUT2D eigenvalue weighted by molar-refractivity contribution is 6.30. The fraction of sp³-hybridized carbons (Fsp3) is 0.600. The van der Waals surface area contributed by atoms with Crippen LogP contribution in [0, 0.1) is 0 Å². The summed E-state index contributed by atoms with van der Waals surface area (Å²) in [4.78, 5) is 4.83. The largest absolute Gasteiger partial charge is 0.385 e. The zero-order valence-corrected chi connectivity index (χ0v) is 12.9. The first-order valence-corrected chi connectivity index (χ1v) is 7.54. The Morgan fingerprint density at radius 1 is 1.20 bits per heavy atom. The molecule has 0 amide bonds. The molecule has 5 heteroatoms. The number of piperazine rings is 1. The molecule has 1 saturated heterocycles. The average molecular weight is 298 g/mol. The molecule has 1 heterocycles. The van der Waals surface area contributed by atoms with Gasteiger partial charge >= 0.3 is 0 Å². The maximum absolute atomic E-state index is 6.10. The first kappa shape index (κ1) is 15.6. The molecule has 1 aromatic rings. The van der Waals surface area contributed by atoms with E-state index in [-0.39, 0.29) is 6.04 Å². The molecule has 1 aliphatic heterocycles. The van der Waals surface area contributed by atoms with Gasteiger partial charge in [0.1, 0.15) is 0 Å². The van der Waals surface area contributed by atoms with E-state index in [1.165, 1.54) is 5.69 Å². The number of nitrogens with two attached hydrogens (primary N) is 1. The molecular formula is C15H24ClN3O. The lowest BCUT2D eigenvalue weighted by Gasteiger charge is -2.37. The molecule has 0 aromatic heterocycles. The monoisotopic (exact) mass is 297 g/mol. The van der Waals surface area contributed by atoms with Crippen molar-refractivity contribution in [3.63, 3.8) is 0 Å². The number of hydrogen-bond donors (Lipinski definition) is 1. The van der Waals surface area contributed by atoms with Gasteiger partial charge in [-0.05, 0) is 30.7 Å². The minimum absolute atomic E-state index is 0.206. The normalized spacial score (nSPS) is 18.2. The van der Waals surface area contributed by atoms with Crippen LogP contribution in [0.2, 0.25) is 5.02 Å². The van der Waals surface area contributed by atoms with Crippen LogP contribution in [-0.2, 0) is 4.74 Å². The number of hydrogen-bond acceptors (Lipinski definition) is 4. The van der Waals surface area contributed by atoms with Gasteiger partial charge < -0.3 is 15.4 Å². The molecule has 1 aliphatic rings. The Hall–Kier alpha value is -0.810. The molecule has 1 fully saturated rings. The number of ether oxygens (including phenoxy) is 1. The van der Waals surface area contributed by atoms with Crippen LogP contribution >= 0.6 is 11.6 Å². The Labute approximate surface area is 126 Å². The lowest BCUT2D eigenvalue weighted by atomic mass is 10.2. The predicted molar refractivity (Wildman–Crippen MR) is 84.6 cm³/mol. The number of benzene rings is 1. The zero-order chi connectivity index (χ0) is 14.4. The highest BCUT2D eigenvalue weighted by Crippen LogP contribution is 2.19. The Balaban J connectivity index is 1.76. The summed E-state index contributed by atoms with van der Waals surface area (Å²) in [6.45, 7) is 5.90. The van der Waals surface area contributed by atoms with E-state index in [2.05, 4.69) is 21.9 Å². The third-order valence-electron chi connectivity index (χ3n) is 3.75. The van der Waals surface area contributed by atoms with Gasteiger partial charge in [-0.1, -0.05) is 11.6 Å². The molecule has 20 heavy (non-hydrogen) atoms. The summed E-state index contributed by atoms with van der Waals surface area (Å²) in [6.07, 6.45) is 0.925. The van der Waals surface area contributed by atoms with E-state index in [9.17, 15) is 0 Å². The summed E-state index contributed by atoms with van der Waals surface area (Å²) in [7, 11) is 1.72. The number of nitrogens with zero attached hydrogens (tertiary/aromatic N) is 2. The first-order chi connectivity index (χ1) is 9.69.